The zero-order chi connectivity index (χ0) is 9.84. The summed E-state index contributed by atoms with van der Waals surface area (Å²) in [6.07, 6.45) is 2.74. The minimum Gasteiger partial charge on any atom is -0.206 e. The summed E-state index contributed by atoms with van der Waals surface area (Å²) in [4.78, 5) is 0. The molecule has 0 aromatic heterocycles. The summed E-state index contributed by atoms with van der Waals surface area (Å²) in [5.74, 6) is -1.17. The predicted molar refractivity (Wildman–Crippen MR) is 51.1 cm³/mol. The van der Waals surface area contributed by atoms with Crippen LogP contribution in [-0.2, 0) is 0 Å². The molecule has 0 aliphatic heterocycles. The summed E-state index contributed by atoms with van der Waals surface area (Å²) in [5, 5.41) is 0.0398. The molecule has 13 heavy (non-hydrogen) atoms. The molecule has 1 aromatic rings. The van der Waals surface area contributed by atoms with Gasteiger partial charge in [-0.2, -0.15) is 0 Å². The van der Waals surface area contributed by atoms with Gasteiger partial charge in [0.05, 0.1) is 0 Å². The van der Waals surface area contributed by atoms with Gasteiger partial charge in [0.1, 0.15) is 11.6 Å². The number of alkyl halides is 1. The number of halogens is 4. The molecular weight excluding hydrogens is 217 g/mol. The van der Waals surface area contributed by atoms with Crippen molar-refractivity contribution in [2.45, 2.75) is 0 Å². The van der Waals surface area contributed by atoms with Crippen LogP contribution in [0.15, 0.2) is 18.2 Å². The van der Waals surface area contributed by atoms with Crippen LogP contribution in [0.25, 0.3) is 6.08 Å². The molecule has 0 unspecified atom stereocenters. The van der Waals surface area contributed by atoms with Gasteiger partial charge in [-0.3, -0.25) is 0 Å². The molecule has 0 N–H and O–H groups in total. The third-order valence-corrected chi connectivity index (χ3v) is 1.81. The van der Waals surface area contributed by atoms with E-state index in [0.29, 0.717) is 0 Å². The summed E-state index contributed by atoms with van der Waals surface area (Å²) in [5.41, 5.74) is -0.120. The average Bonchev–Trinajstić information content (AvgIpc) is 2.02. The van der Waals surface area contributed by atoms with Gasteiger partial charge in [-0.05, 0) is 12.1 Å². The number of benzene rings is 1. The number of hydrogen-bond acceptors (Lipinski definition) is 0. The van der Waals surface area contributed by atoms with Gasteiger partial charge in [-0.25, -0.2) is 8.78 Å². The molecule has 0 saturated carbocycles. The highest BCUT2D eigenvalue weighted by Crippen LogP contribution is 2.19. The number of allylic oxidation sites excluding steroid dienone is 1. The molecular formula is C9H6Cl2F2. The van der Waals surface area contributed by atoms with Gasteiger partial charge in [-0.15, -0.1) is 11.6 Å². The number of rotatable bonds is 2. The lowest BCUT2D eigenvalue weighted by Crippen LogP contribution is -1.88. The maximum absolute atomic E-state index is 13.0. The van der Waals surface area contributed by atoms with Crippen LogP contribution in [-0.4, -0.2) is 5.88 Å². The SMILES string of the molecule is Fc1cc(Cl)cc(F)c1C=CCCl. The molecule has 0 aliphatic carbocycles. The molecule has 4 heteroatoms. The van der Waals surface area contributed by atoms with Crippen LogP contribution in [0.3, 0.4) is 0 Å². The average molecular weight is 223 g/mol. The van der Waals surface area contributed by atoms with Gasteiger partial charge < -0.3 is 0 Å². The normalized spacial score (nSPS) is 11.1. The van der Waals surface area contributed by atoms with Crippen LogP contribution in [0.1, 0.15) is 5.56 Å². The summed E-state index contributed by atoms with van der Waals surface area (Å²) < 4.78 is 26.0. The summed E-state index contributed by atoms with van der Waals surface area (Å²) in [6, 6.07) is 2.11. The molecule has 0 spiro atoms. The van der Waals surface area contributed by atoms with E-state index in [4.69, 9.17) is 23.2 Å². The van der Waals surface area contributed by atoms with Crippen LogP contribution in [0.5, 0.6) is 0 Å². The second-order valence-electron chi connectivity index (χ2n) is 2.34. The molecule has 1 rings (SSSR count). The summed E-state index contributed by atoms with van der Waals surface area (Å²) >= 11 is 10.8. The highest BCUT2D eigenvalue weighted by molar-refractivity contribution is 6.30. The Morgan fingerprint density at radius 1 is 1.23 bits per heavy atom. The second-order valence-corrected chi connectivity index (χ2v) is 3.08. The fraction of sp³-hybridized carbons (Fsp3) is 0.111. The van der Waals surface area contributed by atoms with Crippen molar-refractivity contribution in [3.05, 3.63) is 40.4 Å². The summed E-state index contributed by atoms with van der Waals surface area (Å²) in [6.45, 7) is 0. The molecule has 0 radical (unpaired) electrons. The van der Waals surface area contributed by atoms with Crippen molar-refractivity contribution in [3.63, 3.8) is 0 Å². The molecule has 0 fully saturated rings. The van der Waals surface area contributed by atoms with Crippen LogP contribution in [0.4, 0.5) is 8.78 Å². The molecule has 1 aromatic carbocycles. The predicted octanol–water partition coefficient (Wildman–Crippen LogP) is 3.87. The Hall–Kier alpha value is -0.600. The topological polar surface area (TPSA) is 0 Å². The first-order chi connectivity index (χ1) is 6.15. The highest BCUT2D eigenvalue weighted by atomic mass is 35.5. The van der Waals surface area contributed by atoms with Gasteiger partial charge in [0.15, 0.2) is 0 Å². The zero-order valence-electron chi connectivity index (χ0n) is 6.53. The quantitative estimate of drug-likeness (QED) is 0.667. The van der Waals surface area contributed by atoms with E-state index in [2.05, 4.69) is 0 Å². The van der Waals surface area contributed by atoms with Crippen molar-refractivity contribution in [2.75, 3.05) is 5.88 Å². The van der Waals surface area contributed by atoms with E-state index in [-0.39, 0.29) is 16.5 Å². The fourth-order valence-electron chi connectivity index (χ4n) is 0.875. The van der Waals surface area contributed by atoms with Crippen molar-refractivity contribution in [2.24, 2.45) is 0 Å². The van der Waals surface area contributed by atoms with E-state index in [9.17, 15) is 8.78 Å². The van der Waals surface area contributed by atoms with Gasteiger partial charge in [0.2, 0.25) is 0 Å². The van der Waals surface area contributed by atoms with Gasteiger partial charge in [0, 0.05) is 16.5 Å². The van der Waals surface area contributed by atoms with E-state index in [1.807, 2.05) is 0 Å². The van der Waals surface area contributed by atoms with Crippen molar-refractivity contribution in [1.29, 1.82) is 0 Å². The molecule has 0 nitrogen and oxygen atoms in total. The summed E-state index contributed by atoms with van der Waals surface area (Å²) in [7, 11) is 0. The standard InChI is InChI=1S/C9H6Cl2F2/c10-3-1-2-7-8(12)4-6(11)5-9(7)13/h1-2,4-5H,3H2. The Morgan fingerprint density at radius 2 is 1.77 bits per heavy atom. The lowest BCUT2D eigenvalue weighted by atomic mass is 10.2. The maximum atomic E-state index is 13.0. The molecule has 0 amide bonds. The maximum Gasteiger partial charge on any atom is 0.134 e. The fourth-order valence-corrected chi connectivity index (χ4v) is 1.16. The van der Waals surface area contributed by atoms with Crippen LogP contribution >= 0.6 is 23.2 Å². The van der Waals surface area contributed by atoms with Crippen LogP contribution in [0.2, 0.25) is 5.02 Å². The van der Waals surface area contributed by atoms with Crippen molar-refractivity contribution in [3.8, 4) is 0 Å². The molecule has 0 saturated heterocycles. The van der Waals surface area contributed by atoms with E-state index in [0.717, 1.165) is 12.1 Å². The van der Waals surface area contributed by atoms with Crippen molar-refractivity contribution in [1.82, 2.24) is 0 Å². The lowest BCUT2D eigenvalue weighted by Gasteiger charge is -1.99. The first kappa shape index (κ1) is 10.5. The van der Waals surface area contributed by atoms with Gasteiger partial charge in [0.25, 0.3) is 0 Å². The van der Waals surface area contributed by atoms with Crippen LogP contribution < -0.4 is 0 Å². The molecule has 0 heterocycles. The van der Waals surface area contributed by atoms with Crippen molar-refractivity contribution >= 4 is 29.3 Å². The van der Waals surface area contributed by atoms with E-state index < -0.39 is 11.6 Å². The molecule has 70 valence electrons. The highest BCUT2D eigenvalue weighted by Gasteiger charge is 2.06. The second kappa shape index (κ2) is 4.58. The van der Waals surface area contributed by atoms with E-state index in [1.165, 1.54) is 12.2 Å². The molecule has 0 bridgehead atoms. The monoisotopic (exact) mass is 222 g/mol. The number of hydrogen-bond donors (Lipinski definition) is 0. The Labute approximate surface area is 84.8 Å². The minimum atomic E-state index is -0.689. The molecule has 0 aliphatic rings. The third-order valence-electron chi connectivity index (χ3n) is 1.42. The Bertz CT molecular complexity index is 311. The van der Waals surface area contributed by atoms with Gasteiger partial charge in [-0.1, -0.05) is 23.8 Å². The Balaban J connectivity index is 3.13. The largest absolute Gasteiger partial charge is 0.206 e. The van der Waals surface area contributed by atoms with Gasteiger partial charge >= 0.3 is 0 Å². The lowest BCUT2D eigenvalue weighted by molar-refractivity contribution is 0.579. The smallest absolute Gasteiger partial charge is 0.134 e. The first-order valence-corrected chi connectivity index (χ1v) is 4.43. The van der Waals surface area contributed by atoms with Crippen molar-refractivity contribution < 1.29 is 8.78 Å². The Morgan fingerprint density at radius 3 is 2.23 bits per heavy atom. The van der Waals surface area contributed by atoms with E-state index in [1.54, 1.807) is 0 Å². The third kappa shape index (κ3) is 2.68. The first-order valence-electron chi connectivity index (χ1n) is 3.52. The molecule has 0 atom stereocenters. The minimum absolute atomic E-state index is 0.0398. The van der Waals surface area contributed by atoms with E-state index >= 15 is 0 Å². The van der Waals surface area contributed by atoms with Crippen LogP contribution in [0, 0.1) is 11.6 Å². The zero-order valence-corrected chi connectivity index (χ0v) is 8.04. The Kier molecular flexibility index (Phi) is 3.70.